The first-order chi connectivity index (χ1) is 8.34. The molecule has 0 aliphatic carbocycles. The fraction of sp³-hybridized carbons (Fsp3) is 0.0714. The van der Waals surface area contributed by atoms with Crippen molar-refractivity contribution >= 4 is 11.6 Å². The van der Waals surface area contributed by atoms with Gasteiger partial charge in [-0.1, -0.05) is 36.4 Å². The molecule has 2 aromatic rings. The maximum atomic E-state index is 11.9. The molecule has 3 rings (SSSR count). The van der Waals surface area contributed by atoms with Crippen LogP contribution in [0, 0.1) is 0 Å². The minimum absolute atomic E-state index is 0.0456. The van der Waals surface area contributed by atoms with Crippen molar-refractivity contribution in [3.8, 4) is 0 Å². The van der Waals surface area contributed by atoms with Crippen LogP contribution in [0.25, 0.3) is 0 Å². The van der Waals surface area contributed by atoms with Crippen LogP contribution in [0.1, 0.15) is 15.9 Å². The first-order valence-electron chi connectivity index (χ1n) is 5.56. The molecule has 0 unspecified atom stereocenters. The summed E-state index contributed by atoms with van der Waals surface area (Å²) in [6.07, 6.45) is 0. The molecule has 0 aromatic heterocycles. The van der Waals surface area contributed by atoms with Crippen molar-refractivity contribution in [2.24, 2.45) is 0 Å². The van der Waals surface area contributed by atoms with E-state index in [1.54, 1.807) is 0 Å². The minimum Gasteiger partial charge on any atom is -0.281 e. The predicted molar refractivity (Wildman–Crippen MR) is 66.5 cm³/mol. The topological polar surface area (TPSA) is 32.3 Å². The monoisotopic (exact) mass is 224 g/mol. The molecular formula is C14H12N2O. The van der Waals surface area contributed by atoms with Crippen molar-refractivity contribution in [1.82, 2.24) is 5.43 Å². The molecule has 3 nitrogen and oxygen atoms in total. The third kappa shape index (κ3) is 1.76. The normalized spacial score (nSPS) is 14.1. The van der Waals surface area contributed by atoms with E-state index in [-0.39, 0.29) is 5.91 Å². The van der Waals surface area contributed by atoms with Crippen LogP contribution >= 0.6 is 0 Å². The number of fused-ring (bicyclic) bond motifs is 1. The second-order valence-electron chi connectivity index (χ2n) is 4.02. The number of carbonyl (C=O) groups excluding carboxylic acids is 1. The maximum absolute atomic E-state index is 11.9. The standard InChI is InChI=1S/C14H12N2O/c17-14-13-9-5-4-6-11(13)10-16(15-14)12-7-2-1-3-8-12/h1-9H,10H2,(H,15,17). The average Bonchev–Trinajstić information content (AvgIpc) is 2.40. The molecule has 1 aliphatic rings. The quantitative estimate of drug-likeness (QED) is 0.806. The van der Waals surface area contributed by atoms with Crippen LogP contribution in [0.5, 0.6) is 0 Å². The Bertz CT molecular complexity index is 551. The highest BCUT2D eigenvalue weighted by Crippen LogP contribution is 2.21. The largest absolute Gasteiger partial charge is 0.281 e. The van der Waals surface area contributed by atoms with Gasteiger partial charge >= 0.3 is 0 Å². The lowest BCUT2D eigenvalue weighted by atomic mass is 10.0. The van der Waals surface area contributed by atoms with Crippen LogP contribution < -0.4 is 10.4 Å². The minimum atomic E-state index is -0.0456. The van der Waals surface area contributed by atoms with Gasteiger partial charge in [0.2, 0.25) is 0 Å². The lowest BCUT2D eigenvalue weighted by molar-refractivity contribution is 0.0939. The number of hydrazine groups is 1. The average molecular weight is 224 g/mol. The Labute approximate surface area is 99.7 Å². The molecule has 0 atom stereocenters. The molecule has 0 saturated carbocycles. The number of hydrogen-bond acceptors (Lipinski definition) is 2. The molecule has 3 heteroatoms. The molecule has 0 spiro atoms. The number of para-hydroxylation sites is 1. The molecule has 1 aliphatic heterocycles. The SMILES string of the molecule is O=C1NN(c2ccccc2)Cc2ccccc21. The highest BCUT2D eigenvalue weighted by molar-refractivity contribution is 5.97. The van der Waals surface area contributed by atoms with E-state index in [4.69, 9.17) is 0 Å². The van der Waals surface area contributed by atoms with Gasteiger partial charge in [0.05, 0.1) is 12.2 Å². The Morgan fingerprint density at radius 2 is 1.65 bits per heavy atom. The fourth-order valence-electron chi connectivity index (χ4n) is 2.04. The van der Waals surface area contributed by atoms with E-state index in [1.807, 2.05) is 59.6 Å². The predicted octanol–water partition coefficient (Wildman–Crippen LogP) is 2.35. The lowest BCUT2D eigenvalue weighted by Gasteiger charge is -2.30. The van der Waals surface area contributed by atoms with Gasteiger partial charge in [0, 0.05) is 5.56 Å². The van der Waals surface area contributed by atoms with Crippen LogP contribution in [0.15, 0.2) is 54.6 Å². The summed E-state index contributed by atoms with van der Waals surface area (Å²) in [6, 6.07) is 17.5. The van der Waals surface area contributed by atoms with E-state index in [9.17, 15) is 4.79 Å². The van der Waals surface area contributed by atoms with Crippen molar-refractivity contribution in [2.75, 3.05) is 5.01 Å². The molecule has 0 saturated heterocycles. The Kier molecular flexibility index (Phi) is 2.29. The summed E-state index contributed by atoms with van der Waals surface area (Å²) < 4.78 is 0. The summed E-state index contributed by atoms with van der Waals surface area (Å²) in [4.78, 5) is 11.9. The van der Waals surface area contributed by atoms with Gasteiger partial charge in [0.15, 0.2) is 0 Å². The number of amides is 1. The van der Waals surface area contributed by atoms with Crippen LogP contribution in [-0.4, -0.2) is 5.91 Å². The third-order valence-corrected chi connectivity index (χ3v) is 2.89. The molecule has 1 amide bonds. The van der Waals surface area contributed by atoms with Crippen LogP contribution in [0.3, 0.4) is 0 Å². The molecule has 1 heterocycles. The zero-order valence-electron chi connectivity index (χ0n) is 9.26. The Morgan fingerprint density at radius 1 is 0.941 bits per heavy atom. The number of rotatable bonds is 1. The number of hydrogen-bond donors (Lipinski definition) is 1. The van der Waals surface area contributed by atoms with E-state index < -0.39 is 0 Å². The molecule has 0 fully saturated rings. The smallest absolute Gasteiger partial charge is 0.270 e. The van der Waals surface area contributed by atoms with E-state index >= 15 is 0 Å². The summed E-state index contributed by atoms with van der Waals surface area (Å²) >= 11 is 0. The van der Waals surface area contributed by atoms with Gasteiger partial charge in [-0.15, -0.1) is 0 Å². The van der Waals surface area contributed by atoms with E-state index in [0.717, 1.165) is 16.8 Å². The summed E-state index contributed by atoms with van der Waals surface area (Å²) in [5.41, 5.74) is 5.70. The Balaban J connectivity index is 1.97. The number of nitrogens with one attached hydrogen (secondary N) is 1. The van der Waals surface area contributed by atoms with Gasteiger partial charge in [-0.3, -0.25) is 15.2 Å². The first kappa shape index (κ1) is 9.90. The zero-order valence-corrected chi connectivity index (χ0v) is 9.26. The number of benzene rings is 2. The van der Waals surface area contributed by atoms with Gasteiger partial charge in [-0.05, 0) is 23.8 Å². The van der Waals surface area contributed by atoms with Crippen LogP contribution in [0.2, 0.25) is 0 Å². The summed E-state index contributed by atoms with van der Waals surface area (Å²) in [5, 5.41) is 1.87. The van der Waals surface area contributed by atoms with Crippen molar-refractivity contribution in [3.63, 3.8) is 0 Å². The number of nitrogens with zero attached hydrogens (tertiary/aromatic N) is 1. The molecule has 0 bridgehead atoms. The van der Waals surface area contributed by atoms with Crippen molar-refractivity contribution in [1.29, 1.82) is 0 Å². The van der Waals surface area contributed by atoms with Crippen molar-refractivity contribution in [3.05, 3.63) is 65.7 Å². The van der Waals surface area contributed by atoms with Crippen LogP contribution in [0.4, 0.5) is 5.69 Å². The third-order valence-electron chi connectivity index (χ3n) is 2.89. The molecule has 84 valence electrons. The van der Waals surface area contributed by atoms with Crippen molar-refractivity contribution in [2.45, 2.75) is 6.54 Å². The van der Waals surface area contributed by atoms with Gasteiger partial charge < -0.3 is 0 Å². The molecule has 0 radical (unpaired) electrons. The van der Waals surface area contributed by atoms with Crippen LogP contribution in [-0.2, 0) is 6.54 Å². The fourth-order valence-corrected chi connectivity index (χ4v) is 2.04. The van der Waals surface area contributed by atoms with Gasteiger partial charge in [-0.25, -0.2) is 0 Å². The van der Waals surface area contributed by atoms with E-state index in [2.05, 4.69) is 5.43 Å². The summed E-state index contributed by atoms with van der Waals surface area (Å²) in [5.74, 6) is -0.0456. The van der Waals surface area contributed by atoms with E-state index in [1.165, 1.54) is 0 Å². The lowest BCUT2D eigenvalue weighted by Crippen LogP contribution is -2.46. The second-order valence-corrected chi connectivity index (χ2v) is 4.02. The number of anilines is 1. The number of carbonyl (C=O) groups is 1. The summed E-state index contributed by atoms with van der Waals surface area (Å²) in [7, 11) is 0. The maximum Gasteiger partial charge on any atom is 0.270 e. The molecule has 17 heavy (non-hydrogen) atoms. The Morgan fingerprint density at radius 3 is 2.47 bits per heavy atom. The highest BCUT2D eigenvalue weighted by atomic mass is 16.2. The molecule has 2 aromatic carbocycles. The molecule has 1 N–H and O–H groups in total. The highest BCUT2D eigenvalue weighted by Gasteiger charge is 2.21. The van der Waals surface area contributed by atoms with E-state index in [0.29, 0.717) is 6.54 Å². The van der Waals surface area contributed by atoms with Gasteiger partial charge in [0.25, 0.3) is 5.91 Å². The second kappa shape index (κ2) is 3.94. The first-order valence-corrected chi connectivity index (χ1v) is 5.56. The summed E-state index contributed by atoms with van der Waals surface area (Å²) in [6.45, 7) is 0.700. The zero-order chi connectivity index (χ0) is 11.7. The van der Waals surface area contributed by atoms with Gasteiger partial charge in [-0.2, -0.15) is 0 Å². The van der Waals surface area contributed by atoms with Crippen molar-refractivity contribution < 1.29 is 4.79 Å². The Hall–Kier alpha value is -2.29. The molecular weight excluding hydrogens is 212 g/mol. The van der Waals surface area contributed by atoms with Gasteiger partial charge in [0.1, 0.15) is 0 Å².